The molecule has 0 fully saturated rings. The summed E-state index contributed by atoms with van der Waals surface area (Å²) in [5, 5.41) is 9.46. The first-order chi connectivity index (χ1) is 15.2. The Hall–Kier alpha value is -2.52. The third-order valence-corrected chi connectivity index (χ3v) is 6.94. The van der Waals surface area contributed by atoms with E-state index < -0.39 is 17.7 Å². The molecule has 0 aliphatic carbocycles. The zero-order valence-electron chi connectivity index (χ0n) is 17.5. The van der Waals surface area contributed by atoms with Gasteiger partial charge in [-0.05, 0) is 49.2 Å². The number of carboxylic acids is 1. The Labute approximate surface area is 192 Å². The fourth-order valence-corrected chi connectivity index (χ4v) is 5.23. The number of carbonyl (C=O) groups is 1. The predicted octanol–water partition coefficient (Wildman–Crippen LogP) is 6.85. The standard InChI is InChI=1S/C23H22F3NO3S2/c1-3-4-18-20(13-31-17-9-10-19(14(2)11-17)30-12-21(28)29)32-22(27-18)15-5-7-16(8-6-15)23(24,25)26/h5-11H,3-4,12-13H2,1-2H3,(H,28,29). The summed E-state index contributed by atoms with van der Waals surface area (Å²) in [6, 6.07) is 10.7. The summed E-state index contributed by atoms with van der Waals surface area (Å²) in [7, 11) is 0. The molecule has 0 spiro atoms. The number of halogens is 3. The van der Waals surface area contributed by atoms with Crippen molar-refractivity contribution in [1.29, 1.82) is 0 Å². The normalized spacial score (nSPS) is 11.5. The van der Waals surface area contributed by atoms with Gasteiger partial charge in [0, 0.05) is 21.1 Å². The van der Waals surface area contributed by atoms with Crippen LogP contribution in [-0.4, -0.2) is 22.7 Å². The van der Waals surface area contributed by atoms with Crippen LogP contribution in [0.3, 0.4) is 0 Å². The average molecular weight is 482 g/mol. The van der Waals surface area contributed by atoms with Crippen LogP contribution < -0.4 is 4.74 Å². The van der Waals surface area contributed by atoms with E-state index in [1.54, 1.807) is 17.8 Å². The zero-order chi connectivity index (χ0) is 23.3. The Bertz CT molecular complexity index is 1080. The van der Waals surface area contributed by atoms with Crippen molar-refractivity contribution in [3.05, 3.63) is 64.2 Å². The molecule has 0 saturated carbocycles. The van der Waals surface area contributed by atoms with E-state index in [1.807, 2.05) is 19.1 Å². The van der Waals surface area contributed by atoms with E-state index in [0.717, 1.165) is 46.0 Å². The molecule has 1 heterocycles. The number of aryl methyl sites for hydroxylation is 2. The second kappa shape index (κ2) is 10.4. The number of carboxylic acid groups (broad SMARTS) is 1. The van der Waals surface area contributed by atoms with Gasteiger partial charge in [0.15, 0.2) is 6.61 Å². The molecule has 3 aromatic rings. The van der Waals surface area contributed by atoms with E-state index >= 15 is 0 Å². The number of benzene rings is 2. The lowest BCUT2D eigenvalue weighted by molar-refractivity contribution is -0.139. The quantitative estimate of drug-likeness (QED) is 0.339. The van der Waals surface area contributed by atoms with Crippen molar-refractivity contribution in [3.63, 3.8) is 0 Å². The Morgan fingerprint density at radius 1 is 1.19 bits per heavy atom. The Balaban J connectivity index is 1.74. The van der Waals surface area contributed by atoms with Crippen molar-refractivity contribution < 1.29 is 27.8 Å². The average Bonchev–Trinajstić information content (AvgIpc) is 3.14. The SMILES string of the molecule is CCCc1nc(-c2ccc(C(F)(F)F)cc2)sc1CSc1ccc(OCC(=O)O)c(C)c1. The van der Waals surface area contributed by atoms with Crippen LogP contribution in [0, 0.1) is 6.92 Å². The monoisotopic (exact) mass is 481 g/mol. The molecule has 32 heavy (non-hydrogen) atoms. The molecule has 2 aromatic carbocycles. The van der Waals surface area contributed by atoms with Gasteiger partial charge in [-0.2, -0.15) is 13.2 Å². The minimum atomic E-state index is -4.36. The number of nitrogens with zero attached hydrogens (tertiary/aromatic N) is 1. The third kappa shape index (κ3) is 6.26. The molecule has 170 valence electrons. The molecule has 1 aromatic heterocycles. The van der Waals surface area contributed by atoms with E-state index in [-0.39, 0.29) is 6.61 Å². The highest BCUT2D eigenvalue weighted by atomic mass is 32.2. The van der Waals surface area contributed by atoms with Gasteiger partial charge in [-0.1, -0.05) is 25.5 Å². The first-order valence-corrected chi connectivity index (χ1v) is 11.7. The predicted molar refractivity (Wildman–Crippen MR) is 120 cm³/mol. The largest absolute Gasteiger partial charge is 0.482 e. The van der Waals surface area contributed by atoms with Crippen LogP contribution in [0.5, 0.6) is 5.75 Å². The van der Waals surface area contributed by atoms with Crippen LogP contribution in [0.15, 0.2) is 47.4 Å². The maximum Gasteiger partial charge on any atom is 0.416 e. The minimum absolute atomic E-state index is 0.388. The molecule has 0 aliphatic rings. The van der Waals surface area contributed by atoms with Gasteiger partial charge in [0.1, 0.15) is 10.8 Å². The van der Waals surface area contributed by atoms with Crippen molar-refractivity contribution >= 4 is 29.1 Å². The lowest BCUT2D eigenvalue weighted by atomic mass is 10.1. The van der Waals surface area contributed by atoms with Gasteiger partial charge in [0.25, 0.3) is 0 Å². The lowest BCUT2D eigenvalue weighted by Crippen LogP contribution is -2.09. The molecule has 0 bridgehead atoms. The molecular formula is C23H22F3NO3S2. The summed E-state index contributed by atoms with van der Waals surface area (Å²) in [4.78, 5) is 17.5. The highest BCUT2D eigenvalue weighted by Crippen LogP contribution is 2.36. The van der Waals surface area contributed by atoms with Crippen LogP contribution in [0.1, 0.15) is 35.0 Å². The molecule has 3 rings (SSSR count). The summed E-state index contributed by atoms with van der Waals surface area (Å²) < 4.78 is 43.8. The number of thiazole rings is 1. The van der Waals surface area contributed by atoms with Gasteiger partial charge < -0.3 is 9.84 Å². The number of thioether (sulfide) groups is 1. The number of aliphatic carboxylic acids is 1. The van der Waals surface area contributed by atoms with E-state index in [9.17, 15) is 18.0 Å². The van der Waals surface area contributed by atoms with Crippen molar-refractivity contribution in [1.82, 2.24) is 4.98 Å². The molecule has 0 radical (unpaired) electrons. The second-order valence-electron chi connectivity index (χ2n) is 7.11. The summed E-state index contributed by atoms with van der Waals surface area (Å²) in [6.07, 6.45) is -2.64. The maximum absolute atomic E-state index is 12.8. The lowest BCUT2D eigenvalue weighted by Gasteiger charge is -2.09. The van der Waals surface area contributed by atoms with Gasteiger partial charge in [-0.3, -0.25) is 0 Å². The van der Waals surface area contributed by atoms with Crippen LogP contribution in [0.25, 0.3) is 10.6 Å². The fourth-order valence-electron chi connectivity index (χ4n) is 3.02. The maximum atomic E-state index is 12.8. The van der Waals surface area contributed by atoms with Gasteiger partial charge in [-0.25, -0.2) is 9.78 Å². The first kappa shape index (κ1) is 24.1. The number of hydrogen-bond donors (Lipinski definition) is 1. The van der Waals surface area contributed by atoms with Crippen molar-refractivity contribution in [2.24, 2.45) is 0 Å². The summed E-state index contributed by atoms with van der Waals surface area (Å²) in [6.45, 7) is 3.54. The second-order valence-corrected chi connectivity index (χ2v) is 9.24. The Kier molecular flexibility index (Phi) is 7.84. The van der Waals surface area contributed by atoms with Gasteiger partial charge in [0.2, 0.25) is 0 Å². The van der Waals surface area contributed by atoms with E-state index in [2.05, 4.69) is 6.92 Å². The Morgan fingerprint density at radius 2 is 1.91 bits per heavy atom. The van der Waals surface area contributed by atoms with Crippen molar-refractivity contribution in [2.75, 3.05) is 6.61 Å². The van der Waals surface area contributed by atoms with Gasteiger partial charge in [0.05, 0.1) is 11.3 Å². The van der Waals surface area contributed by atoms with E-state index in [0.29, 0.717) is 22.1 Å². The fraction of sp³-hybridized carbons (Fsp3) is 0.304. The Morgan fingerprint density at radius 3 is 2.50 bits per heavy atom. The number of alkyl halides is 3. The molecule has 0 aliphatic heterocycles. The summed E-state index contributed by atoms with van der Waals surface area (Å²) in [5.74, 6) is 0.189. The highest BCUT2D eigenvalue weighted by Gasteiger charge is 2.30. The van der Waals surface area contributed by atoms with Crippen LogP contribution in [-0.2, 0) is 23.1 Å². The molecule has 4 nitrogen and oxygen atoms in total. The highest BCUT2D eigenvalue weighted by molar-refractivity contribution is 7.98. The number of hydrogen-bond acceptors (Lipinski definition) is 5. The smallest absolute Gasteiger partial charge is 0.416 e. The minimum Gasteiger partial charge on any atom is -0.482 e. The molecule has 0 atom stereocenters. The molecular weight excluding hydrogens is 459 g/mol. The number of aromatic nitrogens is 1. The third-order valence-electron chi connectivity index (χ3n) is 4.59. The van der Waals surface area contributed by atoms with Crippen molar-refractivity contribution in [2.45, 2.75) is 43.5 Å². The molecule has 0 saturated heterocycles. The van der Waals surface area contributed by atoms with Gasteiger partial charge >= 0.3 is 12.1 Å². The molecule has 0 amide bonds. The van der Waals surface area contributed by atoms with Crippen LogP contribution in [0.2, 0.25) is 0 Å². The molecule has 1 N–H and O–H groups in total. The van der Waals surface area contributed by atoms with Gasteiger partial charge in [-0.15, -0.1) is 23.1 Å². The zero-order valence-corrected chi connectivity index (χ0v) is 19.2. The van der Waals surface area contributed by atoms with Crippen LogP contribution >= 0.6 is 23.1 Å². The topological polar surface area (TPSA) is 59.4 Å². The molecule has 9 heteroatoms. The number of ether oxygens (including phenoxy) is 1. The summed E-state index contributed by atoms with van der Waals surface area (Å²) in [5.41, 5.74) is 1.82. The van der Waals surface area contributed by atoms with E-state index in [4.69, 9.17) is 14.8 Å². The molecule has 0 unspecified atom stereocenters. The van der Waals surface area contributed by atoms with Crippen LogP contribution in [0.4, 0.5) is 13.2 Å². The van der Waals surface area contributed by atoms with E-state index in [1.165, 1.54) is 23.5 Å². The van der Waals surface area contributed by atoms with Crippen molar-refractivity contribution in [3.8, 4) is 16.3 Å². The number of rotatable bonds is 9. The first-order valence-electron chi connectivity index (χ1n) is 9.91. The summed E-state index contributed by atoms with van der Waals surface area (Å²) >= 11 is 3.13.